The molecule has 3 aliphatic rings. The number of carbonyl (C=O) groups excluding carboxylic acids is 4. The second kappa shape index (κ2) is 8.70. The van der Waals surface area contributed by atoms with E-state index in [1.165, 1.54) is 23.1 Å². The molecule has 3 N–H and O–H groups in total. The van der Waals surface area contributed by atoms with Crippen LogP contribution in [0.15, 0.2) is 18.2 Å². The molecule has 0 radical (unpaired) electrons. The zero-order chi connectivity index (χ0) is 25.9. The summed E-state index contributed by atoms with van der Waals surface area (Å²) in [6.07, 6.45) is -2.33. The molecule has 1 aromatic carbocycles. The predicted molar refractivity (Wildman–Crippen MR) is 125 cm³/mol. The quantitative estimate of drug-likeness (QED) is 0.402. The summed E-state index contributed by atoms with van der Waals surface area (Å²) in [4.78, 5) is 53.1. The summed E-state index contributed by atoms with van der Waals surface area (Å²) in [5, 5.41) is 22.4. The lowest BCUT2D eigenvalue weighted by Gasteiger charge is -2.38. The van der Waals surface area contributed by atoms with Crippen molar-refractivity contribution in [3.63, 3.8) is 0 Å². The number of imide groups is 2. The Bertz CT molecular complexity index is 1090. The molecule has 3 heterocycles. The number of ether oxygens (including phenoxy) is 1. The van der Waals surface area contributed by atoms with Gasteiger partial charge in [0.1, 0.15) is 24.1 Å². The van der Waals surface area contributed by atoms with Crippen LogP contribution in [0, 0.1) is 0 Å². The first kappa shape index (κ1) is 25.3. The van der Waals surface area contributed by atoms with E-state index in [2.05, 4.69) is 39.2 Å². The average molecular weight is 506 g/mol. The van der Waals surface area contributed by atoms with Crippen molar-refractivity contribution in [3.8, 4) is 5.75 Å². The Hall–Kier alpha value is -2.80. The summed E-state index contributed by atoms with van der Waals surface area (Å²) < 4.78 is 12.1. The van der Waals surface area contributed by atoms with E-state index in [0.717, 1.165) is 4.90 Å². The maximum absolute atomic E-state index is 12.9. The minimum absolute atomic E-state index is 0.0124. The minimum Gasteiger partial charge on any atom is -0.508 e. The molecule has 12 heteroatoms. The van der Waals surface area contributed by atoms with Gasteiger partial charge in [-0.25, -0.2) is 4.79 Å². The van der Waals surface area contributed by atoms with Crippen LogP contribution in [0.2, 0.25) is 18.1 Å². The number of hydrogen-bond donors (Lipinski definition) is 3. The van der Waals surface area contributed by atoms with E-state index < -0.39 is 56.5 Å². The highest BCUT2D eigenvalue weighted by molar-refractivity contribution is 6.74. The van der Waals surface area contributed by atoms with Crippen LogP contribution >= 0.6 is 0 Å². The lowest BCUT2D eigenvalue weighted by atomic mass is 10.1. The Morgan fingerprint density at radius 1 is 1.14 bits per heavy atom. The second-order valence-electron chi connectivity index (χ2n) is 10.7. The Balaban J connectivity index is 1.48. The number of aromatic hydroxyl groups is 1. The number of aliphatic hydroxyl groups is 1. The SMILES string of the molecule is CC(C)(C)[Si](C)(C)OC[C@H]1O[C@@H](N2CC(N3C(=O)c4ccc(O)cc4C3=O)C(=O)NC2=O)C[C@@H]1O. The van der Waals surface area contributed by atoms with Crippen molar-refractivity contribution in [1.29, 1.82) is 0 Å². The van der Waals surface area contributed by atoms with Gasteiger partial charge in [-0.1, -0.05) is 20.8 Å². The molecular weight excluding hydrogens is 474 g/mol. The lowest BCUT2D eigenvalue weighted by Crippen LogP contribution is -2.65. The fraction of sp³-hybridized carbons (Fsp3) is 0.565. The molecule has 0 bridgehead atoms. The van der Waals surface area contributed by atoms with Crippen molar-refractivity contribution in [2.45, 2.75) is 69.8 Å². The summed E-state index contributed by atoms with van der Waals surface area (Å²) in [6, 6.07) is 1.75. The van der Waals surface area contributed by atoms with Crippen molar-refractivity contribution in [3.05, 3.63) is 29.3 Å². The van der Waals surface area contributed by atoms with Gasteiger partial charge in [0.15, 0.2) is 8.32 Å². The molecule has 0 spiro atoms. The van der Waals surface area contributed by atoms with E-state index >= 15 is 0 Å². The Labute approximate surface area is 204 Å². The summed E-state index contributed by atoms with van der Waals surface area (Å²) in [6.45, 7) is 10.4. The topological polar surface area (TPSA) is 146 Å². The molecule has 0 saturated carbocycles. The van der Waals surface area contributed by atoms with Crippen molar-refractivity contribution >= 4 is 32.1 Å². The Kier molecular flexibility index (Phi) is 6.28. The molecule has 4 rings (SSSR count). The normalized spacial score (nSPS) is 27.5. The molecule has 0 aliphatic carbocycles. The van der Waals surface area contributed by atoms with Crippen LogP contribution in [-0.2, 0) is 14.0 Å². The molecule has 4 atom stereocenters. The van der Waals surface area contributed by atoms with E-state index in [-0.39, 0.29) is 41.5 Å². The molecule has 2 fully saturated rings. The summed E-state index contributed by atoms with van der Waals surface area (Å²) in [7, 11) is -2.09. The van der Waals surface area contributed by atoms with Crippen LogP contribution in [0.3, 0.4) is 0 Å². The number of carbonyl (C=O) groups is 4. The minimum atomic E-state index is -2.09. The molecule has 190 valence electrons. The summed E-state index contributed by atoms with van der Waals surface area (Å²) in [5.74, 6) is -2.40. The number of rotatable bonds is 5. The molecule has 3 aliphatic heterocycles. The molecule has 1 aromatic rings. The number of phenols is 1. The number of amides is 5. The second-order valence-corrected chi connectivity index (χ2v) is 15.5. The van der Waals surface area contributed by atoms with Crippen LogP contribution in [-0.4, -0.2) is 89.7 Å². The van der Waals surface area contributed by atoms with Gasteiger partial charge in [-0.15, -0.1) is 0 Å². The smallest absolute Gasteiger partial charge is 0.326 e. The van der Waals surface area contributed by atoms with Crippen LogP contribution in [0.25, 0.3) is 0 Å². The van der Waals surface area contributed by atoms with E-state index in [4.69, 9.17) is 9.16 Å². The molecule has 5 amide bonds. The van der Waals surface area contributed by atoms with Gasteiger partial charge in [0.25, 0.3) is 17.7 Å². The van der Waals surface area contributed by atoms with Gasteiger partial charge in [0.05, 0.1) is 30.4 Å². The fourth-order valence-corrected chi connectivity index (χ4v) is 5.17. The molecular formula is C23H31N3O8Si. The van der Waals surface area contributed by atoms with E-state index in [9.17, 15) is 29.4 Å². The van der Waals surface area contributed by atoms with E-state index in [1.807, 2.05) is 0 Å². The molecule has 2 saturated heterocycles. The number of nitrogens with zero attached hydrogens (tertiary/aromatic N) is 2. The number of nitrogens with one attached hydrogen (secondary N) is 1. The largest absolute Gasteiger partial charge is 0.508 e. The zero-order valence-electron chi connectivity index (χ0n) is 20.4. The molecule has 35 heavy (non-hydrogen) atoms. The summed E-state index contributed by atoms with van der Waals surface area (Å²) in [5.41, 5.74) is 0.0565. The van der Waals surface area contributed by atoms with Gasteiger partial charge in [0, 0.05) is 6.42 Å². The standard InChI is InChI=1S/C23H31N3O8Si/c1-23(2,3)35(4,5)33-11-17-16(28)9-18(34-17)25-10-15(19(29)24-22(25)32)26-20(30)13-7-6-12(27)8-14(13)21(26)31/h6-8,15-18,27-28H,9-11H2,1-5H3,(H,24,29,32)/t15?,16-,17+,18+/m0/s1. The van der Waals surface area contributed by atoms with Crippen LogP contribution in [0.5, 0.6) is 5.75 Å². The van der Waals surface area contributed by atoms with Gasteiger partial charge in [-0.3, -0.25) is 29.5 Å². The van der Waals surface area contributed by atoms with Gasteiger partial charge in [-0.05, 0) is 36.3 Å². The lowest BCUT2D eigenvalue weighted by molar-refractivity contribution is -0.129. The predicted octanol–water partition coefficient (Wildman–Crippen LogP) is 1.41. The Morgan fingerprint density at radius 3 is 2.46 bits per heavy atom. The first-order chi connectivity index (χ1) is 16.2. The van der Waals surface area contributed by atoms with Crippen LogP contribution in [0.1, 0.15) is 47.9 Å². The molecule has 0 aromatic heterocycles. The number of urea groups is 1. The first-order valence-corrected chi connectivity index (χ1v) is 14.4. The number of fused-ring (bicyclic) bond motifs is 1. The third kappa shape index (κ3) is 4.46. The number of aliphatic hydroxyl groups excluding tert-OH is 1. The van der Waals surface area contributed by atoms with Gasteiger partial charge < -0.3 is 19.4 Å². The number of hydrogen-bond acceptors (Lipinski definition) is 8. The molecule has 1 unspecified atom stereocenters. The third-order valence-electron chi connectivity index (χ3n) is 7.34. The van der Waals surface area contributed by atoms with E-state index in [1.54, 1.807) is 0 Å². The maximum Gasteiger partial charge on any atom is 0.326 e. The van der Waals surface area contributed by atoms with E-state index in [0.29, 0.717) is 0 Å². The van der Waals surface area contributed by atoms with Crippen LogP contribution in [0.4, 0.5) is 4.79 Å². The highest BCUT2D eigenvalue weighted by Crippen LogP contribution is 2.37. The van der Waals surface area contributed by atoms with Crippen molar-refractivity contribution in [2.24, 2.45) is 0 Å². The van der Waals surface area contributed by atoms with Crippen molar-refractivity contribution < 1.29 is 38.6 Å². The maximum atomic E-state index is 12.9. The first-order valence-electron chi connectivity index (χ1n) is 11.5. The number of phenolic OH excluding ortho intramolecular Hbond substituents is 1. The van der Waals surface area contributed by atoms with Crippen molar-refractivity contribution in [1.82, 2.24) is 15.1 Å². The summed E-state index contributed by atoms with van der Waals surface area (Å²) >= 11 is 0. The highest BCUT2D eigenvalue weighted by Gasteiger charge is 2.50. The highest BCUT2D eigenvalue weighted by atomic mass is 28.4. The Morgan fingerprint density at radius 2 is 1.80 bits per heavy atom. The van der Waals surface area contributed by atoms with Gasteiger partial charge >= 0.3 is 6.03 Å². The van der Waals surface area contributed by atoms with Gasteiger partial charge in [0.2, 0.25) is 0 Å². The number of benzene rings is 1. The molecule has 11 nitrogen and oxygen atoms in total. The van der Waals surface area contributed by atoms with Crippen LogP contribution < -0.4 is 5.32 Å². The third-order valence-corrected chi connectivity index (χ3v) is 11.8. The zero-order valence-corrected chi connectivity index (χ0v) is 21.4. The monoisotopic (exact) mass is 505 g/mol. The average Bonchev–Trinajstić information content (AvgIpc) is 3.23. The van der Waals surface area contributed by atoms with Gasteiger partial charge in [-0.2, -0.15) is 0 Å². The fourth-order valence-electron chi connectivity index (χ4n) is 4.15. The van der Waals surface area contributed by atoms with Crippen molar-refractivity contribution in [2.75, 3.05) is 13.2 Å².